The van der Waals surface area contributed by atoms with Crippen LogP contribution < -0.4 is 39.7 Å². The van der Waals surface area contributed by atoms with Gasteiger partial charge in [-0.1, -0.05) is 147 Å². The van der Waals surface area contributed by atoms with Gasteiger partial charge in [-0.3, -0.25) is 36.5 Å². The van der Waals surface area contributed by atoms with Gasteiger partial charge in [0.25, 0.3) is 0 Å². The highest BCUT2D eigenvalue weighted by Crippen LogP contribution is 2.42. The summed E-state index contributed by atoms with van der Waals surface area (Å²) in [5.41, 5.74) is 6.04. The van der Waals surface area contributed by atoms with E-state index in [2.05, 4.69) is 23.7 Å². The fourth-order valence-electron chi connectivity index (χ4n) is 8.68. The lowest BCUT2D eigenvalue weighted by Gasteiger charge is -2.21. The van der Waals surface area contributed by atoms with Gasteiger partial charge in [-0.25, -0.2) is 0 Å². The van der Waals surface area contributed by atoms with Crippen molar-refractivity contribution in [1.29, 1.82) is 0 Å². The van der Waals surface area contributed by atoms with Gasteiger partial charge in [0.05, 0.1) is 26.1 Å². The second kappa shape index (κ2) is 46.6. The Labute approximate surface area is 673 Å². The minimum Gasteiger partial charge on any atom is -0.321 e. The van der Waals surface area contributed by atoms with Crippen molar-refractivity contribution in [3.05, 3.63) is 236 Å². The molecule has 0 aliphatic carbocycles. The highest BCUT2D eigenvalue weighted by Gasteiger charge is 2.25. The van der Waals surface area contributed by atoms with E-state index in [9.17, 15) is 40.9 Å². The van der Waals surface area contributed by atoms with Crippen LogP contribution in [0.15, 0.2) is 194 Å². The Hall–Kier alpha value is -5.32. The molecule has 0 bridgehead atoms. The molecule has 0 radical (unpaired) electrons. The summed E-state index contributed by atoms with van der Waals surface area (Å²) in [4.78, 5) is 146. The fourth-order valence-corrected chi connectivity index (χ4v) is 19.6. The lowest BCUT2D eigenvalue weighted by Crippen LogP contribution is -2.10. The molecule has 10 aromatic rings. The third kappa shape index (κ3) is 37.3. The molecule has 11 rings (SSSR count). The van der Waals surface area contributed by atoms with E-state index in [1.165, 1.54) is 83.6 Å². The van der Waals surface area contributed by atoms with E-state index in [1.54, 1.807) is 78.1 Å². The molecule has 1 atom stereocenters. The van der Waals surface area contributed by atoms with Crippen LogP contribution in [-0.4, -0.2) is 89.8 Å². The predicted molar refractivity (Wildman–Crippen MR) is 457 cm³/mol. The number of allylic oxidation sites excluding steroid dienone is 2. The van der Waals surface area contributed by atoms with Crippen LogP contribution >= 0.6 is 129 Å². The number of hydrogen-bond acceptors (Lipinski definition) is 14. The van der Waals surface area contributed by atoms with Gasteiger partial charge in [0.15, 0.2) is 5.13 Å². The van der Waals surface area contributed by atoms with E-state index in [1.807, 2.05) is 126 Å². The zero-order chi connectivity index (χ0) is 83.9. The van der Waals surface area contributed by atoms with Crippen molar-refractivity contribution < 1.29 is 119 Å². The van der Waals surface area contributed by atoms with E-state index in [4.69, 9.17) is 78.3 Å². The summed E-state index contributed by atoms with van der Waals surface area (Å²) in [6.07, 6.45) is 13.5. The van der Waals surface area contributed by atoms with Gasteiger partial charge in [0.1, 0.15) is 18.5 Å². The molecule has 0 amide bonds. The van der Waals surface area contributed by atoms with E-state index in [0.29, 0.717) is 22.1 Å². The van der Waals surface area contributed by atoms with Crippen molar-refractivity contribution in [3.8, 4) is 44.6 Å². The van der Waals surface area contributed by atoms with Crippen LogP contribution in [0.25, 0.3) is 33.0 Å². The average Bonchev–Trinajstić information content (AvgIpc) is 1.77. The van der Waals surface area contributed by atoms with Crippen LogP contribution in [0.4, 0.5) is 4.39 Å². The molecule has 39 heteroatoms. The molecular formula is C73H85FO24P8S6. The van der Waals surface area contributed by atoms with Crippen molar-refractivity contribution in [2.45, 2.75) is 86.0 Å². The van der Waals surface area contributed by atoms with Gasteiger partial charge >= 0.3 is 60.8 Å². The molecule has 1 fully saturated rings. The SMILES string of the molecule is CC/C=C/c1ccc(P(=O)(O)O)cc1.CC/C=C/c1ccc(P(=O)(O)O)s1.CCC#Cc1ccc(P(=O)(O)O)cc1.CCC#Cc1ccc(P(=O)(O)O)s1.Cc1ccc(-c2ccc(P(=O)(O)O)cc2)s1.Cc1ccc(-c2ccc(P(=O)(O)O)s2)cc1.O=P(O)(O)c1ccc(C2CCCSC2)cc1.O=P(O)(O)c1ccc(F)s1. The Kier molecular flexibility index (Phi) is 41.2. The normalized spacial score (nSPS) is 13.1. The monoisotopic (exact) mass is 1800 g/mol. The zero-order valence-corrected chi connectivity index (χ0v) is 72.7. The summed E-state index contributed by atoms with van der Waals surface area (Å²) in [6, 6.07) is 49.0. The molecule has 1 saturated heterocycles. The summed E-state index contributed by atoms with van der Waals surface area (Å²) in [6.45, 7) is 11.9. The van der Waals surface area contributed by atoms with Gasteiger partial charge in [0.2, 0.25) is 0 Å². The molecule has 1 unspecified atom stereocenters. The smallest absolute Gasteiger partial charge is 0.321 e. The van der Waals surface area contributed by atoms with Crippen LogP contribution in [0.5, 0.6) is 0 Å². The quantitative estimate of drug-likeness (QED) is 0.0335. The van der Waals surface area contributed by atoms with Gasteiger partial charge in [0, 0.05) is 43.7 Å². The highest BCUT2D eigenvalue weighted by atomic mass is 32.2. The zero-order valence-electron chi connectivity index (χ0n) is 60.7. The maximum atomic E-state index is 12.1. The van der Waals surface area contributed by atoms with Gasteiger partial charge in [-0.2, -0.15) is 16.2 Å². The number of benzene rings is 5. The van der Waals surface area contributed by atoms with Crippen molar-refractivity contribution in [1.82, 2.24) is 0 Å². The Morgan fingerprint density at radius 3 is 1.21 bits per heavy atom. The number of halogens is 1. The Morgan fingerprint density at radius 1 is 0.402 bits per heavy atom. The molecular weight excluding hydrogens is 1720 g/mol. The maximum Gasteiger partial charge on any atom is 0.366 e. The first kappa shape index (κ1) is 99.0. The second-order valence-electron chi connectivity index (χ2n) is 23.3. The minimum absolute atomic E-state index is 0.0274. The molecule has 604 valence electrons. The minimum atomic E-state index is -4.22. The molecule has 0 spiro atoms. The molecule has 5 aromatic heterocycles. The van der Waals surface area contributed by atoms with Crippen LogP contribution in [0.3, 0.4) is 0 Å². The first-order chi connectivity index (χ1) is 52.1. The van der Waals surface area contributed by atoms with Crippen LogP contribution in [0.1, 0.15) is 109 Å². The predicted octanol–water partition coefficient (Wildman–Crippen LogP) is 14.3. The molecule has 112 heavy (non-hydrogen) atoms. The summed E-state index contributed by atoms with van der Waals surface area (Å²) in [5.74, 6) is 14.3. The summed E-state index contributed by atoms with van der Waals surface area (Å²) < 4.78 is 98.9. The Morgan fingerprint density at radius 2 is 0.804 bits per heavy atom. The molecule has 16 N–H and O–H groups in total. The van der Waals surface area contributed by atoms with E-state index >= 15 is 0 Å². The van der Waals surface area contributed by atoms with Crippen molar-refractivity contribution in [3.63, 3.8) is 0 Å². The van der Waals surface area contributed by atoms with E-state index in [-0.39, 0.29) is 39.7 Å². The first-order valence-electron chi connectivity index (χ1n) is 33.1. The van der Waals surface area contributed by atoms with Gasteiger partial charge < -0.3 is 78.3 Å². The van der Waals surface area contributed by atoms with Crippen LogP contribution in [-0.2, 0) is 36.5 Å². The summed E-state index contributed by atoms with van der Waals surface area (Å²) in [7, 11) is -32.9. The molecule has 1 aliphatic rings. The second-order valence-corrected chi connectivity index (χ2v) is 43.9. The number of thioether (sulfide) groups is 1. The van der Waals surface area contributed by atoms with Crippen LogP contribution in [0.2, 0.25) is 0 Å². The van der Waals surface area contributed by atoms with Crippen LogP contribution in [0, 0.1) is 42.7 Å². The number of aryl methyl sites for hydroxylation is 2. The topological polar surface area (TPSA) is 460 Å². The number of thiophene rings is 5. The lowest BCUT2D eigenvalue weighted by molar-refractivity contribution is 0.385. The van der Waals surface area contributed by atoms with E-state index in [0.717, 1.165) is 120 Å². The standard InChI is InChI=1S/2C11H11O3PS.C11H15O3PS.C10H13O3P.C10H11O3P.C8H11O3PS.C8H9O3PS.C4H4FO3PS/c1-8-2-7-11(16-8)9-3-5-10(6-4-9)15(12,13)14;1-8-2-4-9(5-3-8)10-6-7-11(16-10)15(12,13)14;12-15(13,14)11-5-3-9(4-6-11)10-2-1-7-16-8-10;2*1-2-3-4-9-5-7-10(8-6-9)14(11,12)13;2*1-2-3-4-7-5-6-8(13-7)12(9,10)11;5-3-1-2-4(10-3)9(6,7)8/h2*2-7H,1H3,(H2,12,13,14);3-6,10H,1-2,7-8H2,(H2,12,13,14);3-8H,2H2,1H3,(H2,11,12,13);5-8H,2H2,1H3,(H2,11,12,13);3-6H,2H2,1H3,(H2,9,10,11);5-6H,2H2,1H3,(H2,9,10,11);1-2H,(H2,6,7,8)/b;;;4-3+;;4-3+;;. The van der Waals surface area contributed by atoms with Gasteiger partial charge in [-0.15, -0.1) is 45.3 Å². The largest absolute Gasteiger partial charge is 0.366 e. The van der Waals surface area contributed by atoms with Gasteiger partial charge in [-0.05, 0) is 201 Å². The van der Waals surface area contributed by atoms with Crippen molar-refractivity contribution in [2.24, 2.45) is 0 Å². The van der Waals surface area contributed by atoms with E-state index < -0.39 is 65.9 Å². The average molecular weight is 1810 g/mol. The molecule has 5 aromatic carbocycles. The Bertz CT molecular complexity index is 5200. The molecule has 0 saturated carbocycles. The van der Waals surface area contributed by atoms with Crippen molar-refractivity contribution in [2.75, 3.05) is 11.5 Å². The molecule has 1 aliphatic heterocycles. The highest BCUT2D eigenvalue weighted by molar-refractivity contribution is 7.99. The Balaban J connectivity index is 0.000000271. The summed E-state index contributed by atoms with van der Waals surface area (Å²) >= 11 is 7.39. The lowest BCUT2D eigenvalue weighted by atomic mass is 9.96. The number of hydrogen-bond donors (Lipinski definition) is 16. The summed E-state index contributed by atoms with van der Waals surface area (Å²) in [5, 5.41) is -0.326. The fraction of sp³-hybridized carbons (Fsp3) is 0.205. The van der Waals surface area contributed by atoms with Crippen molar-refractivity contribution >= 4 is 181 Å². The third-order valence-corrected chi connectivity index (χ3v) is 30.5. The molecule has 6 heterocycles. The number of rotatable bonds is 15. The maximum absolute atomic E-state index is 12.1. The molecule has 24 nitrogen and oxygen atoms in total. The first-order valence-corrected chi connectivity index (χ1v) is 51.3. The third-order valence-electron chi connectivity index (χ3n) is 14.2.